The van der Waals surface area contributed by atoms with Crippen LogP contribution in [0.3, 0.4) is 0 Å². The maximum atomic E-state index is 14.2. The number of unbranched alkanes of at least 4 members (excludes halogenated alkanes) is 1. The van der Waals surface area contributed by atoms with Crippen molar-refractivity contribution in [3.05, 3.63) is 54.6 Å². The summed E-state index contributed by atoms with van der Waals surface area (Å²) in [6, 6.07) is 6.12. The fraction of sp³-hybridized carbons (Fsp3) is 0.519. The summed E-state index contributed by atoms with van der Waals surface area (Å²) in [4.78, 5) is 44.5. The van der Waals surface area contributed by atoms with Gasteiger partial charge >= 0.3 is 5.97 Å². The number of esters is 1. The zero-order valence-electron chi connectivity index (χ0n) is 20.5. The van der Waals surface area contributed by atoms with Crippen molar-refractivity contribution in [2.24, 2.45) is 11.8 Å². The Bertz CT molecular complexity index is 1050. The number of hydrogen-bond acceptors (Lipinski definition) is 6. The molecule has 0 radical (unpaired) electrons. The van der Waals surface area contributed by atoms with Crippen LogP contribution < -0.4 is 4.90 Å². The first-order chi connectivity index (χ1) is 17.2. The van der Waals surface area contributed by atoms with Crippen LogP contribution in [0.2, 0.25) is 5.02 Å². The van der Waals surface area contributed by atoms with E-state index in [2.05, 4.69) is 13.2 Å². The second kappa shape index (κ2) is 10.6. The van der Waals surface area contributed by atoms with Gasteiger partial charge in [-0.15, -0.1) is 24.9 Å². The molecule has 7 nitrogen and oxygen atoms in total. The molecule has 4 rings (SSSR count). The zero-order chi connectivity index (χ0) is 26.1. The molecule has 36 heavy (non-hydrogen) atoms. The normalized spacial score (nSPS) is 30.2. The third-order valence-electron chi connectivity index (χ3n) is 7.62. The van der Waals surface area contributed by atoms with Gasteiger partial charge < -0.3 is 19.6 Å². The number of benzene rings is 1. The Hall–Kier alpha value is -2.29. The van der Waals surface area contributed by atoms with Gasteiger partial charge in [0.15, 0.2) is 0 Å². The van der Waals surface area contributed by atoms with Crippen molar-refractivity contribution >= 4 is 46.8 Å². The third-order valence-corrected chi connectivity index (χ3v) is 9.86. The quantitative estimate of drug-likeness (QED) is 0.265. The number of ether oxygens (including phenoxy) is 1. The molecule has 2 unspecified atom stereocenters. The van der Waals surface area contributed by atoms with Crippen LogP contribution in [-0.4, -0.2) is 69.6 Å². The van der Waals surface area contributed by atoms with Gasteiger partial charge in [-0.05, 0) is 56.9 Å². The number of aliphatic hydroxyl groups is 1. The van der Waals surface area contributed by atoms with Crippen molar-refractivity contribution < 1.29 is 24.2 Å². The van der Waals surface area contributed by atoms with Crippen molar-refractivity contribution in [2.45, 2.75) is 48.1 Å². The van der Waals surface area contributed by atoms with E-state index < -0.39 is 27.4 Å². The van der Waals surface area contributed by atoms with Crippen LogP contribution in [0.25, 0.3) is 0 Å². The Balaban J connectivity index is 1.71. The van der Waals surface area contributed by atoms with E-state index in [1.54, 1.807) is 53.1 Å². The highest BCUT2D eigenvalue weighted by atomic mass is 35.5. The molecular formula is C27H33ClN2O5S. The average molecular weight is 533 g/mol. The Kier molecular flexibility index (Phi) is 7.88. The first-order valence-electron chi connectivity index (χ1n) is 12.3. The predicted octanol–water partition coefficient (Wildman–Crippen LogP) is 3.84. The van der Waals surface area contributed by atoms with Gasteiger partial charge in [-0.1, -0.05) is 23.8 Å². The lowest BCUT2D eigenvalue weighted by Gasteiger charge is -2.37. The minimum Gasteiger partial charge on any atom is -0.465 e. The van der Waals surface area contributed by atoms with Crippen LogP contribution in [0.4, 0.5) is 5.69 Å². The molecule has 1 aromatic rings. The molecule has 2 amide bonds. The summed E-state index contributed by atoms with van der Waals surface area (Å²) >= 11 is 7.64. The minimum absolute atomic E-state index is 0.0222. The minimum atomic E-state index is -0.817. The number of rotatable bonds is 11. The number of carbonyl (C=O) groups excluding carboxylic acids is 3. The van der Waals surface area contributed by atoms with Crippen molar-refractivity contribution in [1.82, 2.24) is 4.90 Å². The molecule has 1 N–H and O–H groups in total. The summed E-state index contributed by atoms with van der Waals surface area (Å²) in [6.07, 6.45) is 6.15. The van der Waals surface area contributed by atoms with E-state index in [4.69, 9.17) is 16.3 Å². The van der Waals surface area contributed by atoms with E-state index in [9.17, 15) is 19.5 Å². The molecule has 194 valence electrons. The van der Waals surface area contributed by atoms with E-state index in [0.29, 0.717) is 30.0 Å². The predicted molar refractivity (Wildman–Crippen MR) is 142 cm³/mol. The highest BCUT2D eigenvalue weighted by molar-refractivity contribution is 8.02. The number of fused-ring (bicyclic) bond motifs is 1. The summed E-state index contributed by atoms with van der Waals surface area (Å²) in [7, 11) is 0. The van der Waals surface area contributed by atoms with Crippen LogP contribution in [-0.2, 0) is 19.1 Å². The molecule has 1 spiro atoms. The largest absolute Gasteiger partial charge is 0.465 e. The number of halogens is 1. The Morgan fingerprint density at radius 3 is 2.64 bits per heavy atom. The summed E-state index contributed by atoms with van der Waals surface area (Å²) in [5, 5.41) is 10.3. The van der Waals surface area contributed by atoms with E-state index >= 15 is 0 Å². The maximum absolute atomic E-state index is 14.2. The van der Waals surface area contributed by atoms with Crippen LogP contribution >= 0.6 is 23.4 Å². The van der Waals surface area contributed by atoms with Gasteiger partial charge in [-0.3, -0.25) is 14.4 Å². The van der Waals surface area contributed by atoms with Gasteiger partial charge in [0, 0.05) is 28.5 Å². The van der Waals surface area contributed by atoms with Gasteiger partial charge in [-0.25, -0.2) is 0 Å². The number of β-amino-alcohol motifs (C(OH)–C–C–N with tert-alkyl or cyclic N) is 1. The fourth-order valence-electron chi connectivity index (χ4n) is 6.12. The lowest BCUT2D eigenvalue weighted by molar-refractivity contribution is -0.155. The van der Waals surface area contributed by atoms with Gasteiger partial charge in [0.05, 0.1) is 29.8 Å². The van der Waals surface area contributed by atoms with Crippen molar-refractivity contribution in [3.63, 3.8) is 0 Å². The SMILES string of the molecule is C=CCCCOC(=O)[C@H]1[C@H]2C(=O)N(CCO)C(C(=O)N(CC=C)c3ccc(Cl)cc3)C23CC[C@]1(C)S3. The molecule has 3 heterocycles. The summed E-state index contributed by atoms with van der Waals surface area (Å²) in [5.74, 6) is -2.22. The van der Waals surface area contributed by atoms with Gasteiger partial charge in [0.1, 0.15) is 6.04 Å². The van der Waals surface area contributed by atoms with Crippen molar-refractivity contribution in [1.29, 1.82) is 0 Å². The number of anilines is 1. The Labute approximate surface area is 221 Å². The highest BCUT2D eigenvalue weighted by Gasteiger charge is 2.77. The third kappa shape index (κ3) is 4.37. The lowest BCUT2D eigenvalue weighted by Crippen LogP contribution is -2.55. The number of likely N-dealkylation sites (tertiary alicyclic amines) is 1. The molecule has 3 aliphatic heterocycles. The number of carbonyl (C=O) groups is 3. The number of thioether (sulfide) groups is 1. The van der Waals surface area contributed by atoms with Crippen LogP contribution in [0.5, 0.6) is 0 Å². The number of aliphatic hydroxyl groups excluding tert-OH is 1. The number of allylic oxidation sites excluding steroid dienone is 1. The number of amides is 2. The molecule has 9 heteroatoms. The van der Waals surface area contributed by atoms with Gasteiger partial charge in [0.2, 0.25) is 5.91 Å². The standard InChI is InChI=1S/C27H33ClN2O5S/c1-4-6-7-17-35-25(34)21-20-23(32)30(15-16-31)22(27(20)13-12-26(21,3)36-27)24(33)29(14-5-2)19-10-8-18(28)9-11-19/h4-5,8-11,20-22,31H,1-2,6-7,12-17H2,3H3/t20-,21+,22?,26-,27?/m0/s1. The van der Waals surface area contributed by atoms with Gasteiger partial charge in [0.25, 0.3) is 5.91 Å². The second-order valence-electron chi connectivity index (χ2n) is 9.80. The monoisotopic (exact) mass is 532 g/mol. The van der Waals surface area contributed by atoms with Crippen LogP contribution in [0.15, 0.2) is 49.6 Å². The molecule has 3 aliphatic rings. The van der Waals surface area contributed by atoms with Crippen LogP contribution in [0.1, 0.15) is 32.6 Å². The molecule has 0 aromatic heterocycles. The summed E-state index contributed by atoms with van der Waals surface area (Å²) < 4.78 is 4.35. The van der Waals surface area contributed by atoms with E-state index in [-0.39, 0.29) is 44.1 Å². The van der Waals surface area contributed by atoms with E-state index in [1.807, 2.05) is 6.92 Å². The van der Waals surface area contributed by atoms with Crippen molar-refractivity contribution in [3.8, 4) is 0 Å². The Morgan fingerprint density at radius 2 is 2.00 bits per heavy atom. The first kappa shape index (κ1) is 26.8. The molecule has 3 fully saturated rings. The van der Waals surface area contributed by atoms with E-state index in [1.165, 1.54) is 4.90 Å². The number of nitrogens with zero attached hydrogens (tertiary/aromatic N) is 2. The second-order valence-corrected chi connectivity index (χ2v) is 12.1. The number of hydrogen-bond donors (Lipinski definition) is 1. The molecule has 3 saturated heterocycles. The average Bonchev–Trinajstić information content (AvgIpc) is 3.42. The van der Waals surface area contributed by atoms with E-state index in [0.717, 1.165) is 6.42 Å². The van der Waals surface area contributed by atoms with Crippen molar-refractivity contribution in [2.75, 3.05) is 31.2 Å². The highest BCUT2D eigenvalue weighted by Crippen LogP contribution is 2.71. The fourth-order valence-corrected chi connectivity index (χ4v) is 8.59. The summed E-state index contributed by atoms with van der Waals surface area (Å²) in [6.45, 7) is 9.76. The van der Waals surface area contributed by atoms with Crippen LogP contribution in [0, 0.1) is 11.8 Å². The molecule has 2 bridgehead atoms. The molecule has 0 saturated carbocycles. The lowest BCUT2D eigenvalue weighted by atomic mass is 9.66. The molecular weight excluding hydrogens is 500 g/mol. The topological polar surface area (TPSA) is 87.1 Å². The molecule has 1 aromatic carbocycles. The van der Waals surface area contributed by atoms with Gasteiger partial charge in [-0.2, -0.15) is 0 Å². The maximum Gasteiger partial charge on any atom is 0.311 e. The Morgan fingerprint density at radius 1 is 1.28 bits per heavy atom. The zero-order valence-corrected chi connectivity index (χ0v) is 22.1. The molecule has 0 aliphatic carbocycles. The molecule has 5 atom stereocenters. The summed E-state index contributed by atoms with van der Waals surface area (Å²) in [5.41, 5.74) is 0.641. The first-order valence-corrected chi connectivity index (χ1v) is 13.5. The smallest absolute Gasteiger partial charge is 0.311 e.